The number of thiazole rings is 1. The van der Waals surface area contributed by atoms with Gasteiger partial charge >= 0.3 is 5.97 Å². The molecule has 0 fully saturated rings. The maximum atomic E-state index is 14.6. The summed E-state index contributed by atoms with van der Waals surface area (Å²) in [4.78, 5) is 33.4. The molecule has 4 aromatic carbocycles. The Morgan fingerprint density at radius 2 is 1.61 bits per heavy atom. The van der Waals surface area contributed by atoms with Gasteiger partial charge in [-0.3, -0.25) is 9.36 Å². The first kappa shape index (κ1) is 34.0. The number of carbonyl (C=O) groups is 1. The van der Waals surface area contributed by atoms with Crippen molar-refractivity contribution in [1.29, 1.82) is 0 Å². The van der Waals surface area contributed by atoms with E-state index in [4.69, 9.17) is 14.5 Å². The highest BCUT2D eigenvalue weighted by atomic mass is 79.9. The van der Waals surface area contributed by atoms with Crippen LogP contribution in [0.4, 0.5) is 0 Å². The minimum atomic E-state index is -0.739. The monoisotopic (exact) mass is 755 g/mol. The molecule has 7 rings (SSSR count). The Morgan fingerprint density at radius 3 is 2.25 bits per heavy atom. The number of carbonyl (C=O) groups excluding carboxylic acids is 1. The van der Waals surface area contributed by atoms with Crippen LogP contribution in [0.5, 0.6) is 5.75 Å². The zero-order chi connectivity index (χ0) is 35.5. The second-order valence-electron chi connectivity index (χ2n) is 11.8. The first-order chi connectivity index (χ1) is 24.9. The highest BCUT2D eigenvalue weighted by Crippen LogP contribution is 2.37. The number of hydrogen-bond donors (Lipinski definition) is 0. The van der Waals surface area contributed by atoms with Gasteiger partial charge in [-0.2, -0.15) is 0 Å². The Hall–Kier alpha value is -5.51. The second-order valence-corrected chi connectivity index (χ2v) is 13.8. The molecule has 0 N–H and O–H groups in total. The van der Waals surface area contributed by atoms with Crippen LogP contribution in [-0.4, -0.2) is 28.3 Å². The van der Waals surface area contributed by atoms with E-state index >= 15 is 0 Å². The summed E-state index contributed by atoms with van der Waals surface area (Å²) in [6, 6.07) is 37.4. The number of rotatable bonds is 10. The molecule has 6 aromatic rings. The molecule has 3 heterocycles. The van der Waals surface area contributed by atoms with Gasteiger partial charge in [-0.1, -0.05) is 113 Å². The van der Waals surface area contributed by atoms with Crippen molar-refractivity contribution in [1.82, 2.24) is 9.13 Å². The van der Waals surface area contributed by atoms with Crippen molar-refractivity contribution < 1.29 is 14.3 Å². The van der Waals surface area contributed by atoms with E-state index in [-0.39, 0.29) is 12.2 Å². The Morgan fingerprint density at radius 1 is 0.941 bits per heavy atom. The molecule has 1 aliphatic rings. The number of ether oxygens (including phenoxy) is 2. The van der Waals surface area contributed by atoms with Crippen LogP contribution in [0.2, 0.25) is 0 Å². The number of esters is 1. The van der Waals surface area contributed by atoms with Crippen molar-refractivity contribution in [2.75, 3.05) is 13.2 Å². The van der Waals surface area contributed by atoms with E-state index < -0.39 is 12.0 Å². The molecule has 0 aliphatic carbocycles. The van der Waals surface area contributed by atoms with E-state index in [1.165, 1.54) is 11.3 Å². The predicted molar refractivity (Wildman–Crippen MR) is 207 cm³/mol. The van der Waals surface area contributed by atoms with Crippen LogP contribution < -0.4 is 19.6 Å². The van der Waals surface area contributed by atoms with Crippen molar-refractivity contribution >= 4 is 39.3 Å². The molecule has 0 amide bonds. The maximum Gasteiger partial charge on any atom is 0.338 e. The summed E-state index contributed by atoms with van der Waals surface area (Å²) in [5, 5.41) is 0. The van der Waals surface area contributed by atoms with Gasteiger partial charge in [-0.25, -0.2) is 9.79 Å². The van der Waals surface area contributed by atoms with Gasteiger partial charge in [0.05, 0.1) is 39.8 Å². The average Bonchev–Trinajstić information content (AvgIpc) is 3.68. The lowest BCUT2D eigenvalue weighted by Crippen LogP contribution is -2.39. The van der Waals surface area contributed by atoms with Gasteiger partial charge in [0.1, 0.15) is 12.4 Å². The van der Waals surface area contributed by atoms with Gasteiger partial charge in [0.15, 0.2) is 4.80 Å². The van der Waals surface area contributed by atoms with Crippen LogP contribution in [0.25, 0.3) is 34.3 Å². The summed E-state index contributed by atoms with van der Waals surface area (Å²) in [6.45, 7) is 7.83. The van der Waals surface area contributed by atoms with Gasteiger partial charge in [0.25, 0.3) is 5.56 Å². The highest BCUT2D eigenvalue weighted by molar-refractivity contribution is 9.10. The second kappa shape index (κ2) is 14.8. The zero-order valence-electron chi connectivity index (χ0n) is 28.1. The first-order valence-corrected chi connectivity index (χ1v) is 18.1. The molecular formula is C42H34BrN3O4S. The number of halogens is 1. The molecule has 7 nitrogen and oxygen atoms in total. The number of allylic oxidation sites excluding steroid dienone is 1. The van der Waals surface area contributed by atoms with E-state index in [1.54, 1.807) is 24.5 Å². The van der Waals surface area contributed by atoms with Gasteiger partial charge in [0, 0.05) is 15.7 Å². The molecular weight excluding hydrogens is 722 g/mol. The fourth-order valence-corrected chi connectivity index (χ4v) is 7.66. The van der Waals surface area contributed by atoms with Crippen molar-refractivity contribution in [2.24, 2.45) is 4.99 Å². The lowest BCUT2D eigenvalue weighted by atomic mass is 9.96. The third-order valence-corrected chi connectivity index (χ3v) is 10.1. The zero-order valence-corrected chi connectivity index (χ0v) is 30.5. The standard InChI is InChI=1S/C42H34BrN3O4S/c1-4-24-50-34-22-16-30(17-23-34)39-37(41(48)49-5-2)27(3)44-42-46(39)40(47)36(51-42)26-31-25-35(28-12-8-6-9-13-28)45(33-20-18-32(43)19-21-33)38(31)29-14-10-7-11-15-29/h4,6-23,25-26,39H,1,5,24H2,2-3H3/b36-26-/t39-/m1/s1. The van der Waals surface area contributed by atoms with Gasteiger partial charge in [-0.15, -0.1) is 0 Å². The third-order valence-electron chi connectivity index (χ3n) is 8.60. The van der Waals surface area contributed by atoms with Crippen molar-refractivity contribution in [3.8, 4) is 34.0 Å². The quantitative estimate of drug-likeness (QED) is 0.104. The molecule has 254 valence electrons. The molecule has 0 saturated heterocycles. The van der Waals surface area contributed by atoms with Crippen LogP contribution in [-0.2, 0) is 9.53 Å². The van der Waals surface area contributed by atoms with Crippen LogP contribution >= 0.6 is 27.3 Å². The minimum absolute atomic E-state index is 0.197. The predicted octanol–water partition coefficient (Wildman–Crippen LogP) is 8.25. The molecule has 2 aromatic heterocycles. The Kier molecular flexibility index (Phi) is 9.83. The van der Waals surface area contributed by atoms with E-state index in [0.29, 0.717) is 33.0 Å². The molecule has 0 spiro atoms. The molecule has 0 radical (unpaired) electrons. The van der Waals surface area contributed by atoms with E-state index in [9.17, 15) is 9.59 Å². The molecule has 0 saturated carbocycles. The lowest BCUT2D eigenvalue weighted by molar-refractivity contribution is -0.139. The van der Waals surface area contributed by atoms with Crippen molar-refractivity contribution in [2.45, 2.75) is 19.9 Å². The summed E-state index contributed by atoms with van der Waals surface area (Å²) in [6.07, 6.45) is 3.62. The van der Waals surface area contributed by atoms with E-state index in [0.717, 1.165) is 43.8 Å². The van der Waals surface area contributed by atoms with Crippen LogP contribution in [0, 0.1) is 0 Å². The summed E-state index contributed by atoms with van der Waals surface area (Å²) >= 11 is 4.89. The van der Waals surface area contributed by atoms with Gasteiger partial charge in [-0.05, 0) is 79.1 Å². The van der Waals surface area contributed by atoms with Crippen LogP contribution in [0.3, 0.4) is 0 Å². The molecule has 1 atom stereocenters. The minimum Gasteiger partial charge on any atom is -0.490 e. The Bertz CT molecular complexity index is 2440. The summed E-state index contributed by atoms with van der Waals surface area (Å²) < 4.78 is 16.5. The highest BCUT2D eigenvalue weighted by Gasteiger charge is 2.33. The number of nitrogens with zero attached hydrogens (tertiary/aromatic N) is 3. The lowest BCUT2D eigenvalue weighted by Gasteiger charge is -2.24. The number of fused-ring (bicyclic) bond motifs is 1. The van der Waals surface area contributed by atoms with E-state index in [2.05, 4.69) is 69.5 Å². The molecule has 9 heteroatoms. The maximum absolute atomic E-state index is 14.6. The first-order valence-electron chi connectivity index (χ1n) is 16.5. The Labute approximate surface area is 307 Å². The summed E-state index contributed by atoms with van der Waals surface area (Å²) in [5.74, 6) is 0.151. The van der Waals surface area contributed by atoms with Gasteiger partial charge in [0.2, 0.25) is 0 Å². The molecule has 51 heavy (non-hydrogen) atoms. The number of hydrogen-bond acceptors (Lipinski definition) is 6. The van der Waals surface area contributed by atoms with Crippen molar-refractivity contribution in [3.63, 3.8) is 0 Å². The molecule has 0 bridgehead atoms. The normalized spacial score (nSPS) is 14.2. The van der Waals surface area contributed by atoms with Crippen LogP contribution in [0.1, 0.15) is 31.0 Å². The fourth-order valence-electron chi connectivity index (χ4n) is 6.36. The number of benzene rings is 4. The van der Waals surface area contributed by atoms with Gasteiger partial charge < -0.3 is 14.0 Å². The molecule has 1 aliphatic heterocycles. The molecule has 0 unspecified atom stereocenters. The average molecular weight is 757 g/mol. The number of aromatic nitrogens is 2. The summed E-state index contributed by atoms with van der Waals surface area (Å²) in [5.41, 5.74) is 7.13. The topological polar surface area (TPSA) is 74.8 Å². The largest absolute Gasteiger partial charge is 0.490 e. The van der Waals surface area contributed by atoms with Crippen molar-refractivity contribution in [3.05, 3.63) is 174 Å². The summed E-state index contributed by atoms with van der Waals surface area (Å²) in [7, 11) is 0. The smallest absolute Gasteiger partial charge is 0.338 e. The van der Waals surface area contributed by atoms with Crippen LogP contribution in [0.15, 0.2) is 153 Å². The fraction of sp³-hybridized carbons (Fsp3) is 0.119. The third kappa shape index (κ3) is 6.70. The van der Waals surface area contributed by atoms with E-state index in [1.807, 2.05) is 78.9 Å². The Balaban J connectivity index is 1.47. The SMILES string of the molecule is C=CCOc1ccc([C@@H]2C(C(=O)OCC)=C(C)N=c3s/c(=C\c4cc(-c5ccccc5)n(-c5ccc(Br)cc5)c4-c4ccccc4)c(=O)n32)cc1.